The van der Waals surface area contributed by atoms with E-state index >= 15 is 0 Å². The van der Waals surface area contributed by atoms with Gasteiger partial charge >= 0.3 is 30.5 Å². The van der Waals surface area contributed by atoms with Gasteiger partial charge in [0.1, 0.15) is 12.1 Å². The van der Waals surface area contributed by atoms with Gasteiger partial charge < -0.3 is 24.7 Å². The molecule has 1 N–H and O–H groups in total. The van der Waals surface area contributed by atoms with E-state index in [0.29, 0.717) is 36.4 Å². The number of carboxylic acid groups (broad SMARTS) is 1. The Morgan fingerprint density at radius 2 is 1.13 bits per heavy atom. The number of anilines is 2. The van der Waals surface area contributed by atoms with Crippen molar-refractivity contribution in [2.24, 2.45) is 0 Å². The minimum Gasteiger partial charge on any atom is -0.465 e. The Hall–Kier alpha value is -6.38. The summed E-state index contributed by atoms with van der Waals surface area (Å²) in [6.07, 6.45) is -9.76. The maximum atomic E-state index is 13.2. The highest BCUT2D eigenvalue weighted by atomic mass is 19.4. The SMILES string of the molecule is CCC(=O)N1C[C@@H]2C[C@H]1[C@@H]1C(=O)N(c3ccc(C#N)c(C(F)(F)F)c3)C(=O)N21.N#Cc1ccc(N2C(=O)C3C4CC(CN4C(=O)O)N3C2=O)cc1C(F)(F)F. The summed E-state index contributed by atoms with van der Waals surface area (Å²) in [5.41, 5.74) is -4.19. The van der Waals surface area contributed by atoms with Gasteiger partial charge in [0.15, 0.2) is 0 Å². The molecule has 0 saturated carbocycles. The molecular weight excluding hydrogens is 746 g/mol. The fourth-order valence-electron chi connectivity index (χ4n) is 8.51. The first-order valence-corrected chi connectivity index (χ1v) is 16.7. The van der Waals surface area contributed by atoms with Crippen LogP contribution >= 0.6 is 0 Å². The summed E-state index contributed by atoms with van der Waals surface area (Å²) >= 11 is 0. The van der Waals surface area contributed by atoms with Crippen molar-refractivity contribution < 1.29 is 60.2 Å². The van der Waals surface area contributed by atoms with Crippen molar-refractivity contribution in [3.05, 3.63) is 58.7 Å². The molecule has 55 heavy (non-hydrogen) atoms. The van der Waals surface area contributed by atoms with Crippen molar-refractivity contribution in [1.29, 1.82) is 10.5 Å². The standard InChI is InChI=1S/C18H15F3N4O3.C16H11F3N4O4/c1-2-14(26)23-8-11-6-13(23)15-16(27)25(17(28)24(11)15)10-4-3-9(7-22)12(5-10)18(19,20)21;17-16(18,19)10-3-8(2-1-7(10)5-20)23-13(24)12-11-4-9(22(12)14(23)25)6-21(11)15(26)27/h3-5,11,13,15H,2,6,8H2,1H3;1-3,9,11-12H,4,6H2,(H,26,27)/t11-,13-,15+;/m0./s1. The Balaban J connectivity index is 0.000000169. The summed E-state index contributed by atoms with van der Waals surface area (Å²) in [4.78, 5) is 81.3. The summed E-state index contributed by atoms with van der Waals surface area (Å²) in [7, 11) is 0. The van der Waals surface area contributed by atoms with Gasteiger partial charge in [0.05, 0.1) is 69.9 Å². The Morgan fingerprint density at radius 3 is 1.49 bits per heavy atom. The zero-order valence-electron chi connectivity index (χ0n) is 28.2. The lowest BCUT2D eigenvalue weighted by atomic mass is 10.1. The van der Waals surface area contributed by atoms with Crippen LogP contribution in [0.1, 0.15) is 48.4 Å². The quantitative estimate of drug-likeness (QED) is 0.356. The van der Waals surface area contributed by atoms with Gasteiger partial charge in [-0.25, -0.2) is 24.2 Å². The van der Waals surface area contributed by atoms with Crippen LogP contribution in [-0.4, -0.2) is 110 Å². The van der Waals surface area contributed by atoms with Crippen LogP contribution in [0.3, 0.4) is 0 Å². The van der Waals surface area contributed by atoms with E-state index in [2.05, 4.69) is 0 Å². The van der Waals surface area contributed by atoms with Crippen LogP contribution in [-0.2, 0) is 26.7 Å². The van der Waals surface area contributed by atoms with Crippen LogP contribution in [0.2, 0.25) is 0 Å². The number of nitrogens with zero attached hydrogens (tertiary/aromatic N) is 8. The molecule has 6 aliphatic rings. The summed E-state index contributed by atoms with van der Waals surface area (Å²) < 4.78 is 79.3. The van der Waals surface area contributed by atoms with Crippen molar-refractivity contribution in [2.75, 3.05) is 22.9 Å². The lowest BCUT2D eigenvalue weighted by Crippen LogP contribution is -2.54. The van der Waals surface area contributed by atoms with E-state index in [9.17, 15) is 60.2 Å². The van der Waals surface area contributed by atoms with E-state index < -0.39 is 94.8 Å². The number of fused-ring (bicyclic) bond motifs is 10. The first kappa shape index (κ1) is 37.0. The average molecular weight is 773 g/mol. The highest BCUT2D eigenvalue weighted by Gasteiger charge is 2.64. The molecule has 2 aromatic rings. The monoisotopic (exact) mass is 772 g/mol. The molecule has 0 spiro atoms. The molecule has 4 bridgehead atoms. The van der Waals surface area contributed by atoms with Gasteiger partial charge in [-0.3, -0.25) is 14.4 Å². The van der Waals surface area contributed by atoms with Crippen LogP contribution in [0.25, 0.3) is 0 Å². The molecule has 6 heterocycles. The fraction of sp³-hybridized carbons (Fsp3) is 0.412. The number of alkyl halides is 6. The second kappa shape index (κ2) is 12.6. The van der Waals surface area contributed by atoms with E-state index in [0.717, 1.165) is 34.1 Å². The minimum absolute atomic E-state index is 0.0601. The van der Waals surface area contributed by atoms with Crippen LogP contribution < -0.4 is 9.80 Å². The topological polar surface area (TPSA) is 190 Å². The predicted molar refractivity (Wildman–Crippen MR) is 170 cm³/mol. The van der Waals surface area contributed by atoms with Crippen molar-refractivity contribution in [1.82, 2.24) is 19.6 Å². The molecule has 15 nitrogen and oxygen atoms in total. The zero-order chi connectivity index (χ0) is 40.0. The van der Waals surface area contributed by atoms with E-state index in [4.69, 9.17) is 10.5 Å². The highest BCUT2D eigenvalue weighted by molar-refractivity contribution is 6.23. The Labute approximate surface area is 306 Å². The fourth-order valence-corrected chi connectivity index (χ4v) is 8.51. The maximum absolute atomic E-state index is 13.2. The summed E-state index contributed by atoms with van der Waals surface area (Å²) in [6.45, 7) is 2.09. The largest absolute Gasteiger partial charge is 0.465 e. The Kier molecular flexibility index (Phi) is 8.47. The van der Waals surface area contributed by atoms with Gasteiger partial charge in [-0.15, -0.1) is 0 Å². The lowest BCUT2D eigenvalue weighted by Gasteiger charge is -2.34. The smallest absolute Gasteiger partial charge is 0.417 e. The molecule has 2 aromatic carbocycles. The van der Waals surface area contributed by atoms with Gasteiger partial charge in [0.2, 0.25) is 5.91 Å². The van der Waals surface area contributed by atoms with Crippen molar-refractivity contribution >= 4 is 47.3 Å². The molecule has 6 atom stereocenters. The van der Waals surface area contributed by atoms with Gasteiger partial charge in [-0.2, -0.15) is 36.9 Å². The molecule has 0 aromatic heterocycles. The van der Waals surface area contributed by atoms with Crippen LogP contribution in [0.5, 0.6) is 0 Å². The number of urea groups is 2. The molecule has 8 amide bonds. The summed E-state index contributed by atoms with van der Waals surface area (Å²) in [6, 6.07) is 2.86. The molecule has 6 fully saturated rings. The third kappa shape index (κ3) is 5.55. The number of imide groups is 2. The molecule has 21 heteroatoms. The second-order valence-corrected chi connectivity index (χ2v) is 13.5. The molecule has 286 valence electrons. The highest BCUT2D eigenvalue weighted by Crippen LogP contribution is 2.45. The van der Waals surface area contributed by atoms with Gasteiger partial charge in [-0.05, 0) is 49.2 Å². The Morgan fingerprint density at radius 1 is 0.727 bits per heavy atom. The number of nitriles is 2. The number of piperazine rings is 2. The molecule has 6 saturated heterocycles. The molecular formula is C34H26F6N8O7. The van der Waals surface area contributed by atoms with Gasteiger partial charge in [0.25, 0.3) is 11.8 Å². The third-order valence-corrected chi connectivity index (χ3v) is 10.8. The van der Waals surface area contributed by atoms with Crippen molar-refractivity contribution in [3.8, 4) is 12.1 Å². The number of hydrogen-bond donors (Lipinski definition) is 1. The maximum Gasteiger partial charge on any atom is 0.417 e. The number of hydrogen-bond acceptors (Lipinski definition) is 8. The molecule has 0 radical (unpaired) electrons. The lowest BCUT2D eigenvalue weighted by molar-refractivity contribution is -0.138. The summed E-state index contributed by atoms with van der Waals surface area (Å²) in [5, 5.41) is 27.0. The minimum atomic E-state index is -4.83. The Bertz CT molecular complexity index is 2170. The zero-order valence-corrected chi connectivity index (χ0v) is 28.2. The molecule has 0 aliphatic carbocycles. The number of benzene rings is 2. The van der Waals surface area contributed by atoms with Crippen LogP contribution in [0.4, 0.5) is 52.1 Å². The van der Waals surface area contributed by atoms with E-state index in [1.807, 2.05) is 0 Å². The summed E-state index contributed by atoms with van der Waals surface area (Å²) in [5.74, 6) is -1.54. The third-order valence-electron chi connectivity index (χ3n) is 10.8. The first-order valence-electron chi connectivity index (χ1n) is 16.7. The molecule has 6 aliphatic heterocycles. The van der Waals surface area contributed by atoms with Gasteiger partial charge in [-0.1, -0.05) is 6.92 Å². The predicted octanol–water partition coefficient (Wildman–Crippen LogP) is 3.96. The number of amides is 8. The first-order chi connectivity index (χ1) is 25.8. The average Bonchev–Trinajstić information content (AvgIpc) is 3.98. The van der Waals surface area contributed by atoms with Gasteiger partial charge in [0, 0.05) is 19.5 Å². The normalized spacial score (nSPS) is 26.3. The van der Waals surface area contributed by atoms with E-state index in [-0.39, 0.29) is 36.3 Å². The van der Waals surface area contributed by atoms with Crippen LogP contribution in [0, 0.1) is 22.7 Å². The molecule has 3 unspecified atom stereocenters. The number of likely N-dealkylation sites (tertiary alicyclic amines) is 2. The second-order valence-electron chi connectivity index (χ2n) is 13.5. The molecule has 8 rings (SSSR count). The number of carbonyl (C=O) groups is 6. The van der Waals surface area contributed by atoms with E-state index in [1.165, 1.54) is 21.9 Å². The number of rotatable bonds is 3. The van der Waals surface area contributed by atoms with E-state index in [1.54, 1.807) is 11.8 Å². The van der Waals surface area contributed by atoms with Crippen molar-refractivity contribution in [2.45, 2.75) is 74.8 Å². The number of carbonyl (C=O) groups excluding carboxylic acids is 5. The van der Waals surface area contributed by atoms with Crippen LogP contribution in [0.15, 0.2) is 36.4 Å². The number of halogens is 6. The van der Waals surface area contributed by atoms with Crippen molar-refractivity contribution in [3.63, 3.8) is 0 Å².